The molecular formula is C32H35IrN2O2-. The summed E-state index contributed by atoms with van der Waals surface area (Å²) in [6.45, 7) is 8.07. The Morgan fingerprint density at radius 2 is 1.76 bits per heavy atom. The maximum Gasteiger partial charge on any atom is 0.162 e. The van der Waals surface area contributed by atoms with Gasteiger partial charge in [-0.1, -0.05) is 62.4 Å². The van der Waals surface area contributed by atoms with Gasteiger partial charge in [0.15, 0.2) is 5.78 Å². The first-order chi connectivity index (χ1) is 18.3. The quantitative estimate of drug-likeness (QED) is 0.123. The molecule has 0 bridgehead atoms. The maximum absolute atomic E-state index is 11.7. The van der Waals surface area contributed by atoms with Gasteiger partial charge in [0.25, 0.3) is 0 Å². The van der Waals surface area contributed by atoms with E-state index < -0.39 is 6.37 Å². The number of pyridine rings is 2. The van der Waals surface area contributed by atoms with Crippen LogP contribution in [0.15, 0.2) is 66.6 Å². The van der Waals surface area contributed by atoms with Gasteiger partial charge in [-0.3, -0.25) is 14.8 Å². The number of allylic oxidation sites excluding steroid dienone is 2. The molecule has 4 aromatic rings. The second-order valence-corrected chi connectivity index (χ2v) is 9.17. The summed E-state index contributed by atoms with van der Waals surface area (Å²) in [5.41, 5.74) is 4.25. The number of fused-ring (bicyclic) bond motifs is 3. The van der Waals surface area contributed by atoms with Crippen molar-refractivity contribution in [3.8, 4) is 11.3 Å². The number of aliphatic hydroxyl groups excluding tert-OH is 1. The summed E-state index contributed by atoms with van der Waals surface area (Å²) in [6, 6.07) is 18.4. The van der Waals surface area contributed by atoms with Crippen LogP contribution in [0, 0.1) is 17.9 Å². The number of aliphatic hydroxyl groups is 1. The van der Waals surface area contributed by atoms with Gasteiger partial charge in [0.1, 0.15) is 0 Å². The second kappa shape index (κ2) is 13.1. The third-order valence-corrected chi connectivity index (χ3v) is 7.01. The number of rotatable bonds is 7. The summed E-state index contributed by atoms with van der Waals surface area (Å²) in [5, 5.41) is 11.7. The van der Waals surface area contributed by atoms with Crippen molar-refractivity contribution < 1.29 is 32.7 Å². The summed E-state index contributed by atoms with van der Waals surface area (Å²) in [7, 11) is 0. The van der Waals surface area contributed by atoms with Crippen LogP contribution in [0.2, 0.25) is 0 Å². The van der Waals surface area contributed by atoms with Crippen LogP contribution in [0.3, 0.4) is 0 Å². The number of hydrogen-bond acceptors (Lipinski definition) is 4. The Morgan fingerprint density at radius 3 is 2.46 bits per heavy atom. The Bertz CT molecular complexity index is 1490. The van der Waals surface area contributed by atoms with Crippen LogP contribution in [0.25, 0.3) is 33.1 Å². The molecule has 37 heavy (non-hydrogen) atoms. The number of carbonyl (C=O) groups is 1. The molecule has 1 radical (unpaired) electrons. The smallest absolute Gasteiger partial charge is 0.162 e. The van der Waals surface area contributed by atoms with E-state index in [1.165, 1.54) is 6.08 Å². The van der Waals surface area contributed by atoms with Crippen LogP contribution >= 0.6 is 0 Å². The van der Waals surface area contributed by atoms with Gasteiger partial charge in [-0.25, -0.2) is 0 Å². The summed E-state index contributed by atoms with van der Waals surface area (Å²) < 4.78 is 17.4. The molecule has 2 heterocycles. The predicted molar refractivity (Wildman–Crippen MR) is 148 cm³/mol. The van der Waals surface area contributed by atoms with Gasteiger partial charge < -0.3 is 5.11 Å². The van der Waals surface area contributed by atoms with E-state index in [9.17, 15) is 9.90 Å². The SMILES string of the molecule is CCC(CC)C(=O)/C=C(\O)C(CC)CC.[2H]C1([2H])c2cc3ncccc3nc2-c2[c-]ccc3cccc1c23.[Ir]. The zero-order chi connectivity index (χ0) is 27.4. The van der Waals surface area contributed by atoms with E-state index in [1.54, 1.807) is 6.20 Å². The molecule has 1 N–H and O–H groups in total. The average molecular weight is 674 g/mol. The van der Waals surface area contributed by atoms with E-state index in [0.29, 0.717) is 22.3 Å². The number of ketones is 1. The fraction of sp³-hybridized carbons (Fsp3) is 0.344. The molecular weight excluding hydrogens is 637 g/mol. The standard InChI is InChI=1S/C19H11N2.C13H24O2.Ir/c1-4-12-5-2-7-15-18(12)13(6-1)10-14-11-17-16(21-19(14)15)8-3-9-20-17;1-5-10(6-2)12(14)9-13(15)11(7-3)8-4;/h1-6,8-9,11H,10H2;9-11,14H,5-8H2,1-4H3;/q-1;;/b;12-9-;/i10D2;;. The maximum atomic E-state index is 11.7. The van der Waals surface area contributed by atoms with Crippen LogP contribution in [-0.2, 0) is 31.3 Å². The normalized spacial score (nSPS) is 14.4. The Labute approximate surface area is 236 Å². The monoisotopic (exact) mass is 674 g/mol. The molecule has 1 aliphatic carbocycles. The van der Waals surface area contributed by atoms with Crippen molar-refractivity contribution in [2.75, 3.05) is 0 Å². The van der Waals surface area contributed by atoms with Gasteiger partial charge in [0, 0.05) is 47.0 Å². The second-order valence-electron chi connectivity index (χ2n) is 9.17. The Hall–Kier alpha value is -2.88. The third kappa shape index (κ3) is 6.17. The van der Waals surface area contributed by atoms with Crippen molar-refractivity contribution in [3.63, 3.8) is 0 Å². The van der Waals surface area contributed by atoms with E-state index in [0.717, 1.165) is 47.5 Å². The van der Waals surface area contributed by atoms with Crippen molar-refractivity contribution in [2.24, 2.45) is 11.8 Å². The minimum Gasteiger partial charge on any atom is -0.512 e. The Morgan fingerprint density at radius 1 is 1.03 bits per heavy atom. The molecule has 1 aliphatic rings. The fourth-order valence-corrected chi connectivity index (χ4v) is 4.78. The van der Waals surface area contributed by atoms with Crippen molar-refractivity contribution in [1.29, 1.82) is 0 Å². The summed E-state index contributed by atoms with van der Waals surface area (Å²) in [5.74, 6) is 0.547. The molecule has 0 saturated heterocycles. The number of hydrogen-bond donors (Lipinski definition) is 1. The van der Waals surface area contributed by atoms with E-state index in [4.69, 9.17) is 7.73 Å². The molecule has 2 aromatic heterocycles. The van der Waals surface area contributed by atoms with Crippen molar-refractivity contribution in [2.45, 2.75) is 59.8 Å². The molecule has 0 spiro atoms. The van der Waals surface area contributed by atoms with Gasteiger partial charge in [-0.15, -0.1) is 29.1 Å². The predicted octanol–water partition coefficient (Wildman–Crippen LogP) is 8.02. The van der Waals surface area contributed by atoms with Gasteiger partial charge >= 0.3 is 0 Å². The number of nitrogens with zero attached hydrogens (tertiary/aromatic N) is 2. The fourth-order valence-electron chi connectivity index (χ4n) is 4.78. The van der Waals surface area contributed by atoms with Gasteiger partial charge in [0.05, 0.1) is 16.8 Å². The summed E-state index contributed by atoms with van der Waals surface area (Å²) in [4.78, 5) is 20.7. The van der Waals surface area contributed by atoms with E-state index >= 15 is 0 Å². The number of carbonyl (C=O) groups excluding carboxylic acids is 1. The zero-order valence-corrected chi connectivity index (χ0v) is 24.2. The van der Waals surface area contributed by atoms with E-state index in [1.807, 2.05) is 76.2 Å². The first kappa shape index (κ1) is 25.8. The molecule has 0 unspecified atom stereocenters. The first-order valence-electron chi connectivity index (χ1n) is 13.9. The molecule has 0 aliphatic heterocycles. The largest absolute Gasteiger partial charge is 0.512 e. The van der Waals surface area contributed by atoms with Gasteiger partial charge in [-0.2, -0.15) is 0 Å². The van der Waals surface area contributed by atoms with Crippen LogP contribution in [0.4, 0.5) is 0 Å². The number of benzene rings is 2. The Kier molecular flexibility index (Phi) is 9.10. The molecule has 5 heteroatoms. The minimum absolute atomic E-state index is 0. The van der Waals surface area contributed by atoms with E-state index in [2.05, 4.69) is 11.1 Å². The van der Waals surface area contributed by atoms with Crippen LogP contribution in [0.5, 0.6) is 0 Å². The van der Waals surface area contributed by atoms with Crippen molar-refractivity contribution >= 4 is 27.6 Å². The summed E-state index contributed by atoms with van der Waals surface area (Å²) >= 11 is 0. The molecule has 0 atom stereocenters. The molecule has 5 rings (SSSR count). The van der Waals surface area contributed by atoms with Crippen LogP contribution in [0.1, 0.15) is 67.2 Å². The minimum atomic E-state index is -1.60. The molecule has 195 valence electrons. The van der Waals surface area contributed by atoms with Crippen LogP contribution in [-0.4, -0.2) is 20.9 Å². The molecule has 2 aromatic carbocycles. The van der Waals surface area contributed by atoms with Crippen LogP contribution < -0.4 is 0 Å². The third-order valence-electron chi connectivity index (χ3n) is 7.01. The molecule has 0 fully saturated rings. The van der Waals surface area contributed by atoms with E-state index in [-0.39, 0.29) is 43.5 Å². The first-order valence-corrected chi connectivity index (χ1v) is 12.9. The Balaban J connectivity index is 0.000000233. The molecule has 0 amide bonds. The van der Waals surface area contributed by atoms with Gasteiger partial charge in [-0.05, 0) is 55.9 Å². The summed E-state index contributed by atoms with van der Waals surface area (Å²) in [6.07, 6.45) is 5.01. The average Bonchev–Trinajstić information content (AvgIpc) is 2.92. The number of aromatic nitrogens is 2. The van der Waals surface area contributed by atoms with Gasteiger partial charge in [0.2, 0.25) is 0 Å². The molecule has 0 saturated carbocycles. The zero-order valence-electron chi connectivity index (χ0n) is 23.8. The molecule has 4 nitrogen and oxygen atoms in total. The van der Waals surface area contributed by atoms with Crippen molar-refractivity contribution in [1.82, 2.24) is 9.97 Å². The topological polar surface area (TPSA) is 63.1 Å². The van der Waals surface area contributed by atoms with Crippen molar-refractivity contribution in [3.05, 3.63) is 83.8 Å².